The number of aliphatic hydroxyl groups excluding tert-OH is 1. The molecule has 2 rings (SSSR count). The molecular formula is C10H10BrNOS. The van der Waals surface area contributed by atoms with Crippen molar-refractivity contribution >= 4 is 43.0 Å². The minimum atomic E-state index is 0.0207. The molecule has 0 unspecified atom stereocenters. The SMILES string of the molecule is Nc1c(CO)sc2c(CBr)cccc12. The number of hydrogen-bond donors (Lipinski definition) is 2. The van der Waals surface area contributed by atoms with Crippen LogP contribution in [0.4, 0.5) is 5.69 Å². The molecule has 2 aromatic rings. The van der Waals surface area contributed by atoms with Crippen molar-refractivity contribution in [1.82, 2.24) is 0 Å². The molecule has 2 nitrogen and oxygen atoms in total. The molecule has 0 bridgehead atoms. The summed E-state index contributed by atoms with van der Waals surface area (Å²) in [5.74, 6) is 0. The van der Waals surface area contributed by atoms with Crippen LogP contribution >= 0.6 is 27.3 Å². The molecule has 4 heteroatoms. The van der Waals surface area contributed by atoms with Crippen molar-refractivity contribution in [2.24, 2.45) is 0 Å². The number of rotatable bonds is 2. The molecule has 0 fully saturated rings. The van der Waals surface area contributed by atoms with Crippen molar-refractivity contribution < 1.29 is 5.11 Å². The largest absolute Gasteiger partial charge is 0.397 e. The Morgan fingerprint density at radius 1 is 1.43 bits per heavy atom. The van der Waals surface area contributed by atoms with Crippen molar-refractivity contribution in [3.05, 3.63) is 28.6 Å². The Morgan fingerprint density at radius 3 is 2.86 bits per heavy atom. The fourth-order valence-corrected chi connectivity index (χ4v) is 3.21. The average Bonchev–Trinajstić information content (AvgIpc) is 2.55. The quantitative estimate of drug-likeness (QED) is 0.826. The minimum absolute atomic E-state index is 0.0207. The molecule has 0 atom stereocenters. The van der Waals surface area contributed by atoms with E-state index in [0.29, 0.717) is 0 Å². The molecular weight excluding hydrogens is 262 g/mol. The van der Waals surface area contributed by atoms with E-state index in [2.05, 4.69) is 22.0 Å². The van der Waals surface area contributed by atoms with Crippen molar-refractivity contribution in [2.75, 3.05) is 5.73 Å². The standard InChI is InChI=1S/C10H10BrNOS/c11-4-6-2-1-3-7-9(12)8(5-13)14-10(6)7/h1-3,13H,4-5,12H2. The molecule has 0 aliphatic rings. The summed E-state index contributed by atoms with van der Waals surface area (Å²) >= 11 is 5.01. The normalized spacial score (nSPS) is 11.0. The highest BCUT2D eigenvalue weighted by molar-refractivity contribution is 9.08. The summed E-state index contributed by atoms with van der Waals surface area (Å²) in [5.41, 5.74) is 7.85. The van der Waals surface area contributed by atoms with Gasteiger partial charge in [0.2, 0.25) is 0 Å². The Morgan fingerprint density at radius 2 is 2.21 bits per heavy atom. The number of nitrogens with two attached hydrogens (primary N) is 1. The molecule has 3 N–H and O–H groups in total. The van der Waals surface area contributed by atoms with Crippen molar-refractivity contribution in [1.29, 1.82) is 0 Å². The van der Waals surface area contributed by atoms with E-state index in [9.17, 15) is 0 Å². The van der Waals surface area contributed by atoms with Gasteiger partial charge in [0, 0.05) is 15.4 Å². The van der Waals surface area contributed by atoms with Crippen LogP contribution in [0.15, 0.2) is 18.2 Å². The summed E-state index contributed by atoms with van der Waals surface area (Å²) in [4.78, 5) is 0.855. The highest BCUT2D eigenvalue weighted by Gasteiger charge is 2.10. The van der Waals surface area contributed by atoms with Gasteiger partial charge in [-0.25, -0.2) is 0 Å². The van der Waals surface area contributed by atoms with Crippen molar-refractivity contribution in [3.8, 4) is 0 Å². The van der Waals surface area contributed by atoms with E-state index in [1.807, 2.05) is 12.1 Å². The first-order chi connectivity index (χ1) is 6.77. The smallest absolute Gasteiger partial charge is 0.0795 e. The van der Waals surface area contributed by atoms with Crippen LogP contribution in [0.1, 0.15) is 10.4 Å². The van der Waals surface area contributed by atoms with Crippen molar-refractivity contribution in [2.45, 2.75) is 11.9 Å². The molecule has 0 saturated carbocycles. The first kappa shape index (κ1) is 9.96. The number of benzene rings is 1. The van der Waals surface area contributed by atoms with Gasteiger partial charge in [0.25, 0.3) is 0 Å². The number of aliphatic hydroxyl groups is 1. The van der Waals surface area contributed by atoms with Gasteiger partial charge in [0.15, 0.2) is 0 Å². The maximum Gasteiger partial charge on any atom is 0.0795 e. The van der Waals surface area contributed by atoms with E-state index >= 15 is 0 Å². The molecule has 1 aromatic heterocycles. The van der Waals surface area contributed by atoms with Crippen LogP contribution in [0.2, 0.25) is 0 Å². The van der Waals surface area contributed by atoms with Crippen LogP contribution in [0, 0.1) is 0 Å². The average molecular weight is 272 g/mol. The fourth-order valence-electron chi connectivity index (χ4n) is 1.47. The third-order valence-electron chi connectivity index (χ3n) is 2.20. The molecule has 1 heterocycles. The van der Waals surface area contributed by atoms with Gasteiger partial charge in [-0.3, -0.25) is 0 Å². The molecule has 0 aliphatic carbocycles. The van der Waals surface area contributed by atoms with E-state index in [0.717, 1.165) is 21.3 Å². The van der Waals surface area contributed by atoms with Gasteiger partial charge in [-0.2, -0.15) is 0 Å². The summed E-state index contributed by atoms with van der Waals surface area (Å²) in [6, 6.07) is 6.05. The summed E-state index contributed by atoms with van der Waals surface area (Å²) in [5, 5.41) is 11.0. The monoisotopic (exact) mass is 271 g/mol. The predicted octanol–water partition coefficient (Wildman–Crippen LogP) is 2.87. The molecule has 1 aromatic carbocycles. The molecule has 0 saturated heterocycles. The molecule has 14 heavy (non-hydrogen) atoms. The topological polar surface area (TPSA) is 46.2 Å². The van der Waals surface area contributed by atoms with E-state index < -0.39 is 0 Å². The number of alkyl halides is 1. The number of hydrogen-bond acceptors (Lipinski definition) is 3. The second kappa shape index (κ2) is 3.88. The van der Waals surface area contributed by atoms with Gasteiger partial charge in [0.1, 0.15) is 0 Å². The second-order valence-corrected chi connectivity index (χ2v) is 4.69. The zero-order chi connectivity index (χ0) is 10.1. The van der Waals surface area contributed by atoms with Gasteiger partial charge in [-0.1, -0.05) is 34.1 Å². The first-order valence-corrected chi connectivity index (χ1v) is 6.17. The van der Waals surface area contributed by atoms with Gasteiger partial charge in [0.05, 0.1) is 17.2 Å². The number of thiophene rings is 1. The molecule has 0 radical (unpaired) electrons. The van der Waals surface area contributed by atoms with Crippen LogP contribution in [0.5, 0.6) is 0 Å². The lowest BCUT2D eigenvalue weighted by Gasteiger charge is -1.97. The lowest BCUT2D eigenvalue weighted by Crippen LogP contribution is -1.87. The molecule has 74 valence electrons. The summed E-state index contributed by atoms with van der Waals surface area (Å²) in [6.07, 6.45) is 0. The van der Waals surface area contributed by atoms with Crippen LogP contribution in [-0.4, -0.2) is 5.11 Å². The van der Waals surface area contributed by atoms with E-state index in [1.54, 1.807) is 11.3 Å². The summed E-state index contributed by atoms with van der Waals surface area (Å²) in [7, 11) is 0. The number of anilines is 1. The van der Waals surface area contributed by atoms with Gasteiger partial charge < -0.3 is 10.8 Å². The minimum Gasteiger partial charge on any atom is -0.397 e. The predicted molar refractivity (Wildman–Crippen MR) is 64.8 cm³/mol. The van der Waals surface area contributed by atoms with Gasteiger partial charge in [-0.15, -0.1) is 11.3 Å². The number of nitrogen functional groups attached to an aromatic ring is 1. The molecule has 0 spiro atoms. The van der Waals surface area contributed by atoms with Gasteiger partial charge >= 0.3 is 0 Å². The number of halogens is 1. The second-order valence-electron chi connectivity index (χ2n) is 3.02. The zero-order valence-corrected chi connectivity index (χ0v) is 9.86. The Balaban J connectivity index is 2.77. The zero-order valence-electron chi connectivity index (χ0n) is 7.46. The molecule has 0 aliphatic heterocycles. The van der Waals surface area contributed by atoms with E-state index in [1.165, 1.54) is 10.3 Å². The van der Waals surface area contributed by atoms with E-state index in [4.69, 9.17) is 10.8 Å². The van der Waals surface area contributed by atoms with Crippen LogP contribution in [-0.2, 0) is 11.9 Å². The number of fused-ring (bicyclic) bond motifs is 1. The maximum atomic E-state index is 9.10. The summed E-state index contributed by atoms with van der Waals surface area (Å²) in [6.45, 7) is 0.0207. The lowest BCUT2D eigenvalue weighted by atomic mass is 10.1. The van der Waals surface area contributed by atoms with E-state index in [-0.39, 0.29) is 6.61 Å². The maximum absolute atomic E-state index is 9.10. The lowest BCUT2D eigenvalue weighted by molar-refractivity contribution is 0.286. The van der Waals surface area contributed by atoms with Crippen molar-refractivity contribution in [3.63, 3.8) is 0 Å². The third-order valence-corrected chi connectivity index (χ3v) is 4.09. The van der Waals surface area contributed by atoms with Crippen LogP contribution in [0.3, 0.4) is 0 Å². The molecule has 0 amide bonds. The Hall–Kier alpha value is -0.580. The summed E-state index contributed by atoms with van der Waals surface area (Å²) < 4.78 is 1.17. The third kappa shape index (κ3) is 1.43. The fraction of sp³-hybridized carbons (Fsp3) is 0.200. The highest BCUT2D eigenvalue weighted by atomic mass is 79.9. The van der Waals surface area contributed by atoms with Gasteiger partial charge in [-0.05, 0) is 5.56 Å². The Labute approximate surface area is 94.5 Å². The highest BCUT2D eigenvalue weighted by Crippen LogP contribution is 2.36. The first-order valence-electron chi connectivity index (χ1n) is 4.23. The van der Waals surface area contributed by atoms with Crippen LogP contribution < -0.4 is 5.73 Å². The Kier molecular flexibility index (Phi) is 2.76. The van der Waals surface area contributed by atoms with Crippen LogP contribution in [0.25, 0.3) is 10.1 Å². The Bertz CT molecular complexity index is 466.